The van der Waals surface area contributed by atoms with Gasteiger partial charge in [0, 0.05) is 38.0 Å². The van der Waals surface area contributed by atoms with Crippen LogP contribution in [0.2, 0.25) is 0 Å². The third kappa shape index (κ3) is 4.30. The molecule has 3 heterocycles. The van der Waals surface area contributed by atoms with Gasteiger partial charge in [0.15, 0.2) is 5.69 Å². The number of rotatable bonds is 6. The number of aliphatic hydroxyl groups is 1. The average Bonchev–Trinajstić information content (AvgIpc) is 3.08. The van der Waals surface area contributed by atoms with Crippen molar-refractivity contribution >= 4 is 29.1 Å². The van der Waals surface area contributed by atoms with Gasteiger partial charge in [-0.15, -0.1) is 5.10 Å². The summed E-state index contributed by atoms with van der Waals surface area (Å²) in [5.74, 6) is -1.76. The molecule has 1 aliphatic carbocycles. The molecule has 0 bridgehead atoms. The zero-order chi connectivity index (χ0) is 21.3. The van der Waals surface area contributed by atoms with Gasteiger partial charge in [0.25, 0.3) is 5.91 Å². The first kappa shape index (κ1) is 20.0. The minimum absolute atomic E-state index is 0.0417. The molecule has 11 heteroatoms. The molecule has 2 aliphatic rings. The van der Waals surface area contributed by atoms with E-state index in [4.69, 9.17) is 0 Å². The Morgan fingerprint density at radius 1 is 1.23 bits per heavy atom. The molecule has 0 aromatic carbocycles. The Hall–Kier alpha value is -3.34. The molecule has 4 amide bonds. The van der Waals surface area contributed by atoms with Crippen LogP contribution in [0.3, 0.4) is 0 Å². The number of nitrogens with one attached hydrogen (secondary N) is 3. The second-order valence-electron chi connectivity index (χ2n) is 8.00. The van der Waals surface area contributed by atoms with Crippen molar-refractivity contribution in [2.75, 3.05) is 6.54 Å². The predicted octanol–water partition coefficient (Wildman–Crippen LogP) is -1.09. The Kier molecular flexibility index (Phi) is 5.20. The van der Waals surface area contributed by atoms with Crippen molar-refractivity contribution in [1.82, 2.24) is 30.8 Å². The third-order valence-electron chi connectivity index (χ3n) is 5.44. The molecular weight excluding hydrogens is 392 g/mol. The zero-order valence-electron chi connectivity index (χ0n) is 16.1. The number of carbonyl (C=O) groups is 4. The zero-order valence-corrected chi connectivity index (χ0v) is 16.1. The smallest absolute Gasteiger partial charge is 0.274 e. The molecule has 2 fully saturated rings. The lowest BCUT2D eigenvalue weighted by molar-refractivity contribution is -0.135. The van der Waals surface area contributed by atoms with Gasteiger partial charge in [-0.25, -0.2) is 4.52 Å². The van der Waals surface area contributed by atoms with E-state index in [1.165, 1.54) is 4.52 Å². The van der Waals surface area contributed by atoms with Gasteiger partial charge >= 0.3 is 0 Å². The molecular formula is C19H22N6O5. The van der Waals surface area contributed by atoms with Crippen LogP contribution in [0.5, 0.6) is 0 Å². The highest BCUT2D eigenvalue weighted by Gasteiger charge is 2.44. The maximum absolute atomic E-state index is 12.4. The maximum atomic E-state index is 12.4. The molecule has 0 spiro atoms. The summed E-state index contributed by atoms with van der Waals surface area (Å²) in [6.07, 6.45) is 2.60. The summed E-state index contributed by atoms with van der Waals surface area (Å²) in [5.41, 5.74) is -0.306. The molecule has 1 saturated heterocycles. The lowest BCUT2D eigenvalue weighted by atomic mass is 9.75. The van der Waals surface area contributed by atoms with Crippen LogP contribution in [0.15, 0.2) is 24.4 Å². The highest BCUT2D eigenvalue weighted by molar-refractivity contribution is 5.99. The van der Waals surface area contributed by atoms with Crippen molar-refractivity contribution in [3.8, 4) is 0 Å². The molecule has 4 N–H and O–H groups in total. The quantitative estimate of drug-likeness (QED) is 0.438. The van der Waals surface area contributed by atoms with Crippen molar-refractivity contribution in [2.24, 2.45) is 5.92 Å². The van der Waals surface area contributed by atoms with Gasteiger partial charge in [-0.1, -0.05) is 11.3 Å². The number of carbonyl (C=O) groups excluding carboxylic acids is 4. The standard InChI is InChI=1S/C19H22N6O5/c26-14(5-11-6-15(27)22-16(28)7-11)20-10-19(30)8-12(9-19)21-18(29)17-13-3-1-2-4-25(13)24-23-17/h1-4,11-12,30H,5-10H2,(H,20,26)(H,21,29)(H,22,27,28). The molecule has 158 valence electrons. The number of hydrogen-bond donors (Lipinski definition) is 4. The van der Waals surface area contributed by atoms with Crippen LogP contribution in [-0.2, 0) is 14.4 Å². The highest BCUT2D eigenvalue weighted by atomic mass is 16.3. The minimum Gasteiger partial charge on any atom is -0.388 e. The fraction of sp³-hybridized carbons (Fsp3) is 0.474. The first-order valence-electron chi connectivity index (χ1n) is 9.74. The summed E-state index contributed by atoms with van der Waals surface area (Å²) in [4.78, 5) is 47.3. The molecule has 2 aromatic rings. The van der Waals surface area contributed by atoms with Crippen LogP contribution < -0.4 is 16.0 Å². The van der Waals surface area contributed by atoms with E-state index in [2.05, 4.69) is 26.3 Å². The third-order valence-corrected chi connectivity index (χ3v) is 5.44. The largest absolute Gasteiger partial charge is 0.388 e. The Balaban J connectivity index is 1.22. The fourth-order valence-electron chi connectivity index (χ4n) is 3.96. The van der Waals surface area contributed by atoms with Crippen molar-refractivity contribution in [3.63, 3.8) is 0 Å². The van der Waals surface area contributed by atoms with Gasteiger partial charge in [-0.3, -0.25) is 24.5 Å². The molecule has 1 aliphatic heterocycles. The number of fused-ring (bicyclic) bond motifs is 1. The molecule has 2 aromatic heterocycles. The van der Waals surface area contributed by atoms with Crippen LogP contribution in [0.25, 0.3) is 5.52 Å². The van der Waals surface area contributed by atoms with Gasteiger partial charge < -0.3 is 15.7 Å². The molecule has 30 heavy (non-hydrogen) atoms. The van der Waals surface area contributed by atoms with Crippen molar-refractivity contribution in [2.45, 2.75) is 43.7 Å². The Morgan fingerprint density at radius 3 is 2.70 bits per heavy atom. The van der Waals surface area contributed by atoms with E-state index in [0.717, 1.165) is 0 Å². The number of amides is 4. The Morgan fingerprint density at radius 2 is 1.97 bits per heavy atom. The normalized spacial score (nSPS) is 24.2. The number of aromatic nitrogens is 3. The molecule has 0 atom stereocenters. The van der Waals surface area contributed by atoms with Gasteiger partial charge in [-0.2, -0.15) is 0 Å². The van der Waals surface area contributed by atoms with Crippen LogP contribution in [0.4, 0.5) is 0 Å². The average molecular weight is 414 g/mol. The SMILES string of the molecule is O=C(CC1CC(=O)NC(=O)C1)NCC1(O)CC(NC(=O)c2nnn3ccccc23)C1. The topological polar surface area (TPSA) is 155 Å². The number of hydrogen-bond acceptors (Lipinski definition) is 7. The summed E-state index contributed by atoms with van der Waals surface area (Å²) < 4.78 is 1.51. The first-order valence-corrected chi connectivity index (χ1v) is 9.74. The lowest BCUT2D eigenvalue weighted by Gasteiger charge is -2.43. The lowest BCUT2D eigenvalue weighted by Crippen LogP contribution is -2.59. The van der Waals surface area contributed by atoms with Crippen molar-refractivity contribution < 1.29 is 24.3 Å². The van der Waals surface area contributed by atoms with Gasteiger partial charge in [0.05, 0.1) is 11.1 Å². The van der Waals surface area contributed by atoms with Gasteiger partial charge in [0.2, 0.25) is 17.7 Å². The Labute approximate surface area is 171 Å². The van der Waals surface area contributed by atoms with Crippen LogP contribution in [-0.4, -0.2) is 61.8 Å². The molecule has 11 nitrogen and oxygen atoms in total. The maximum Gasteiger partial charge on any atom is 0.274 e. The molecule has 0 radical (unpaired) electrons. The minimum atomic E-state index is -1.11. The number of pyridine rings is 1. The molecule has 4 rings (SSSR count). The van der Waals surface area contributed by atoms with E-state index < -0.39 is 5.60 Å². The predicted molar refractivity (Wildman–Crippen MR) is 102 cm³/mol. The Bertz CT molecular complexity index is 996. The summed E-state index contributed by atoms with van der Waals surface area (Å²) in [6.45, 7) is 0.0417. The monoisotopic (exact) mass is 414 g/mol. The summed E-state index contributed by atoms with van der Waals surface area (Å²) in [5, 5.41) is 26.0. The second-order valence-corrected chi connectivity index (χ2v) is 8.00. The molecule has 0 unspecified atom stereocenters. The van der Waals surface area contributed by atoms with Crippen molar-refractivity contribution in [1.29, 1.82) is 0 Å². The summed E-state index contributed by atoms with van der Waals surface area (Å²) in [7, 11) is 0. The van der Waals surface area contributed by atoms with E-state index in [9.17, 15) is 24.3 Å². The fourth-order valence-corrected chi connectivity index (χ4v) is 3.96. The van der Waals surface area contributed by atoms with Gasteiger partial charge in [-0.05, 0) is 30.9 Å². The number of imide groups is 1. The summed E-state index contributed by atoms with van der Waals surface area (Å²) >= 11 is 0. The van der Waals surface area contributed by atoms with E-state index in [-0.39, 0.29) is 67.1 Å². The molecule has 1 saturated carbocycles. The van der Waals surface area contributed by atoms with E-state index in [1.54, 1.807) is 24.4 Å². The second kappa shape index (κ2) is 7.82. The number of nitrogens with zero attached hydrogens (tertiary/aromatic N) is 3. The highest BCUT2D eigenvalue weighted by Crippen LogP contribution is 2.32. The number of piperidine rings is 1. The summed E-state index contributed by atoms with van der Waals surface area (Å²) in [6, 6.07) is 5.07. The van der Waals surface area contributed by atoms with Crippen molar-refractivity contribution in [3.05, 3.63) is 30.1 Å². The first-order chi connectivity index (χ1) is 14.3. The van der Waals surface area contributed by atoms with E-state index >= 15 is 0 Å². The van der Waals surface area contributed by atoms with Crippen LogP contribution >= 0.6 is 0 Å². The van der Waals surface area contributed by atoms with Crippen LogP contribution in [0, 0.1) is 5.92 Å². The van der Waals surface area contributed by atoms with Gasteiger partial charge in [0.1, 0.15) is 0 Å². The van der Waals surface area contributed by atoms with E-state index in [1.807, 2.05) is 0 Å². The van der Waals surface area contributed by atoms with Crippen LogP contribution in [0.1, 0.15) is 42.6 Å². The van der Waals surface area contributed by atoms with E-state index in [0.29, 0.717) is 18.4 Å².